The highest BCUT2D eigenvalue weighted by atomic mass is 16.5. The zero-order chi connectivity index (χ0) is 18.4. The van der Waals surface area contributed by atoms with Crippen molar-refractivity contribution in [2.75, 3.05) is 24.6 Å². The maximum Gasteiger partial charge on any atom is 0.129 e. The van der Waals surface area contributed by atoms with Crippen molar-refractivity contribution in [3.63, 3.8) is 0 Å². The predicted octanol–water partition coefficient (Wildman–Crippen LogP) is 3.19. The minimum absolute atomic E-state index is 0.230. The van der Waals surface area contributed by atoms with Crippen LogP contribution in [0.25, 0.3) is 11.1 Å². The number of nitrogens with zero attached hydrogens (tertiary/aromatic N) is 5. The Morgan fingerprint density at radius 2 is 2.04 bits per heavy atom. The normalized spacial score (nSPS) is 18.7. The minimum Gasteiger partial charge on any atom is -0.375 e. The van der Waals surface area contributed by atoms with Gasteiger partial charge in [-0.3, -0.25) is 4.68 Å². The van der Waals surface area contributed by atoms with E-state index in [-0.39, 0.29) is 6.10 Å². The number of hydrogen-bond donors (Lipinski definition) is 0. The molecule has 2 aliphatic rings. The zero-order valence-corrected chi connectivity index (χ0v) is 15.5. The monoisotopic (exact) mass is 359 g/mol. The van der Waals surface area contributed by atoms with Gasteiger partial charge in [-0.1, -0.05) is 6.07 Å². The van der Waals surface area contributed by atoms with E-state index < -0.39 is 0 Å². The molecule has 2 aromatic heterocycles. The molecule has 5 rings (SSSR count). The lowest BCUT2D eigenvalue weighted by Crippen LogP contribution is -2.41. The lowest BCUT2D eigenvalue weighted by Gasteiger charge is -2.32. The van der Waals surface area contributed by atoms with Gasteiger partial charge in [0.05, 0.1) is 30.3 Å². The molecule has 1 atom stereocenters. The van der Waals surface area contributed by atoms with E-state index in [0.29, 0.717) is 0 Å². The maximum atomic E-state index is 5.64. The Kier molecular flexibility index (Phi) is 3.79. The molecule has 0 spiro atoms. The van der Waals surface area contributed by atoms with E-state index in [2.05, 4.69) is 46.2 Å². The van der Waals surface area contributed by atoms with Crippen molar-refractivity contribution < 1.29 is 4.74 Å². The van der Waals surface area contributed by atoms with Crippen molar-refractivity contribution in [3.05, 3.63) is 60.0 Å². The summed E-state index contributed by atoms with van der Waals surface area (Å²) in [5.74, 6) is 0.988. The second-order valence-corrected chi connectivity index (χ2v) is 7.13. The van der Waals surface area contributed by atoms with Crippen molar-refractivity contribution in [2.45, 2.75) is 13.0 Å². The standard InChI is InChI=1S/C21H21N5O/c1-14-12-26(7-8-27-14)20-10-16(5-6-22-20)21-18-9-15(3-4-19(18)24-21)17-11-23-25(2)13-17/h3-6,9-11,13-14H,7-8,12H2,1-2H3. The van der Waals surface area contributed by atoms with Gasteiger partial charge in [0.25, 0.3) is 0 Å². The van der Waals surface area contributed by atoms with Crippen LogP contribution in [-0.2, 0) is 11.8 Å². The van der Waals surface area contributed by atoms with Crippen LogP contribution in [0.3, 0.4) is 0 Å². The second-order valence-electron chi connectivity index (χ2n) is 7.13. The molecular weight excluding hydrogens is 338 g/mol. The SMILES string of the molecule is CC1CN(c2cc(C3=Nc4ccc(-c5cnn(C)c5)cc43)ccn2)CCO1. The number of anilines is 1. The molecule has 1 saturated heterocycles. The molecule has 6 heteroatoms. The highest BCUT2D eigenvalue weighted by Crippen LogP contribution is 2.36. The summed E-state index contributed by atoms with van der Waals surface area (Å²) in [6.45, 7) is 4.58. The van der Waals surface area contributed by atoms with Crippen LogP contribution >= 0.6 is 0 Å². The van der Waals surface area contributed by atoms with E-state index >= 15 is 0 Å². The number of aryl methyl sites for hydroxylation is 1. The highest BCUT2D eigenvalue weighted by Gasteiger charge is 2.23. The fourth-order valence-electron chi connectivity index (χ4n) is 3.69. The molecule has 1 aromatic carbocycles. The average molecular weight is 359 g/mol. The number of pyridine rings is 1. The van der Waals surface area contributed by atoms with Gasteiger partial charge >= 0.3 is 0 Å². The first kappa shape index (κ1) is 16.2. The Labute approximate surface area is 158 Å². The van der Waals surface area contributed by atoms with E-state index in [1.54, 1.807) is 0 Å². The van der Waals surface area contributed by atoms with E-state index in [1.165, 1.54) is 5.56 Å². The third-order valence-electron chi connectivity index (χ3n) is 5.11. The number of benzene rings is 1. The van der Waals surface area contributed by atoms with Gasteiger partial charge in [0.2, 0.25) is 0 Å². The Bertz CT molecular complexity index is 1040. The first-order valence-electron chi connectivity index (χ1n) is 9.22. The number of aliphatic imine (C=N–C) groups is 1. The summed E-state index contributed by atoms with van der Waals surface area (Å²) in [6.07, 6.45) is 6.02. The van der Waals surface area contributed by atoms with Gasteiger partial charge in [-0.05, 0) is 36.8 Å². The van der Waals surface area contributed by atoms with Crippen molar-refractivity contribution in [3.8, 4) is 11.1 Å². The fourth-order valence-corrected chi connectivity index (χ4v) is 3.69. The number of morpholine rings is 1. The van der Waals surface area contributed by atoms with Gasteiger partial charge < -0.3 is 9.64 Å². The molecule has 0 saturated carbocycles. The molecular formula is C21H21N5O. The van der Waals surface area contributed by atoms with E-state index in [0.717, 1.165) is 53.6 Å². The van der Waals surface area contributed by atoms with Gasteiger partial charge in [0.1, 0.15) is 5.82 Å². The van der Waals surface area contributed by atoms with Gasteiger partial charge in [-0.15, -0.1) is 0 Å². The van der Waals surface area contributed by atoms with Crippen molar-refractivity contribution in [2.24, 2.45) is 12.0 Å². The molecule has 0 radical (unpaired) electrons. The molecule has 6 nitrogen and oxygen atoms in total. The first-order chi connectivity index (χ1) is 13.2. The van der Waals surface area contributed by atoms with Crippen LogP contribution < -0.4 is 4.90 Å². The van der Waals surface area contributed by atoms with Gasteiger partial charge in [-0.25, -0.2) is 9.98 Å². The summed E-state index contributed by atoms with van der Waals surface area (Å²) in [7, 11) is 1.93. The van der Waals surface area contributed by atoms with E-state index in [9.17, 15) is 0 Å². The number of ether oxygens (including phenoxy) is 1. The summed E-state index contributed by atoms with van der Waals surface area (Å²) in [6, 6.07) is 10.5. The summed E-state index contributed by atoms with van der Waals surface area (Å²) < 4.78 is 7.46. The Balaban J connectivity index is 1.44. The van der Waals surface area contributed by atoms with Crippen LogP contribution in [0.1, 0.15) is 18.1 Å². The fraction of sp³-hybridized carbons (Fsp3) is 0.286. The van der Waals surface area contributed by atoms with Crippen molar-refractivity contribution in [1.29, 1.82) is 0 Å². The molecule has 0 amide bonds. The molecule has 0 bridgehead atoms. The molecule has 3 aromatic rings. The summed E-state index contributed by atoms with van der Waals surface area (Å²) >= 11 is 0. The van der Waals surface area contributed by atoms with Crippen LogP contribution in [0.2, 0.25) is 0 Å². The first-order valence-corrected chi connectivity index (χ1v) is 9.22. The van der Waals surface area contributed by atoms with Crippen LogP contribution in [0.5, 0.6) is 0 Å². The Hall–Kier alpha value is -2.99. The summed E-state index contributed by atoms with van der Waals surface area (Å²) in [5.41, 5.74) is 6.63. The number of hydrogen-bond acceptors (Lipinski definition) is 5. The van der Waals surface area contributed by atoms with Crippen molar-refractivity contribution >= 4 is 17.2 Å². The number of fused-ring (bicyclic) bond motifs is 1. The second kappa shape index (κ2) is 6.32. The van der Waals surface area contributed by atoms with Gasteiger partial charge in [-0.2, -0.15) is 5.10 Å². The van der Waals surface area contributed by atoms with Crippen LogP contribution in [-0.4, -0.2) is 46.3 Å². The molecule has 1 unspecified atom stereocenters. The maximum absolute atomic E-state index is 5.64. The smallest absolute Gasteiger partial charge is 0.129 e. The predicted molar refractivity (Wildman–Crippen MR) is 106 cm³/mol. The average Bonchev–Trinajstić information content (AvgIpc) is 3.09. The Morgan fingerprint density at radius 1 is 1.11 bits per heavy atom. The lowest BCUT2D eigenvalue weighted by atomic mass is 9.93. The summed E-state index contributed by atoms with van der Waals surface area (Å²) in [5, 5.41) is 4.27. The van der Waals surface area contributed by atoms with Crippen LogP contribution in [0.15, 0.2) is 53.9 Å². The molecule has 136 valence electrons. The van der Waals surface area contributed by atoms with Crippen molar-refractivity contribution in [1.82, 2.24) is 14.8 Å². The minimum atomic E-state index is 0.230. The van der Waals surface area contributed by atoms with Crippen LogP contribution in [0, 0.1) is 0 Å². The van der Waals surface area contributed by atoms with Gasteiger partial charge in [0, 0.05) is 49.2 Å². The van der Waals surface area contributed by atoms with Gasteiger partial charge in [0.15, 0.2) is 0 Å². The number of rotatable bonds is 3. The molecule has 0 aliphatic carbocycles. The van der Waals surface area contributed by atoms with E-state index in [4.69, 9.17) is 9.73 Å². The Morgan fingerprint density at radius 3 is 2.85 bits per heavy atom. The van der Waals surface area contributed by atoms with E-state index in [1.807, 2.05) is 36.4 Å². The lowest BCUT2D eigenvalue weighted by molar-refractivity contribution is 0.0529. The molecule has 1 fully saturated rings. The zero-order valence-electron chi connectivity index (χ0n) is 15.5. The molecule has 0 N–H and O–H groups in total. The topological polar surface area (TPSA) is 55.5 Å². The number of aromatic nitrogens is 3. The summed E-state index contributed by atoms with van der Waals surface area (Å²) in [4.78, 5) is 11.6. The third kappa shape index (κ3) is 2.92. The van der Waals surface area contributed by atoms with Crippen LogP contribution in [0.4, 0.5) is 11.5 Å². The molecule has 4 heterocycles. The third-order valence-corrected chi connectivity index (χ3v) is 5.11. The molecule has 27 heavy (non-hydrogen) atoms. The quantitative estimate of drug-likeness (QED) is 0.564. The highest BCUT2D eigenvalue weighted by molar-refractivity contribution is 6.22. The molecule has 2 aliphatic heterocycles. The largest absolute Gasteiger partial charge is 0.375 e.